The van der Waals surface area contributed by atoms with Crippen molar-refractivity contribution >= 4 is 53.3 Å². The summed E-state index contributed by atoms with van der Waals surface area (Å²) in [5.41, 5.74) is 13.4. The normalized spacial score (nSPS) is 11.5. The molecule has 0 atom stereocenters. The molecule has 0 spiro atoms. The molecule has 0 fully saturated rings. The third kappa shape index (κ3) is 6.26. The van der Waals surface area contributed by atoms with Crippen molar-refractivity contribution in [3.63, 3.8) is 0 Å². The maximum atomic E-state index is 5.26. The molecule has 0 aliphatic rings. The van der Waals surface area contributed by atoms with Gasteiger partial charge >= 0.3 is 0 Å². The van der Waals surface area contributed by atoms with Gasteiger partial charge in [0, 0.05) is 53.3 Å². The zero-order chi connectivity index (χ0) is 41.0. The first-order valence-corrected chi connectivity index (χ1v) is 21.7. The van der Waals surface area contributed by atoms with Crippen LogP contribution in [0.1, 0.15) is 0 Å². The summed E-state index contributed by atoms with van der Waals surface area (Å²) in [7, 11) is 0. The molecule has 3 aromatic heterocycles. The molecule has 0 unspecified atom stereocenters. The van der Waals surface area contributed by atoms with E-state index in [4.69, 9.17) is 15.0 Å². The number of thiophene rings is 1. The topological polar surface area (TPSA) is 43.6 Å². The third-order valence-electron chi connectivity index (χ3n) is 11.8. The molecule has 12 rings (SSSR count). The molecule has 0 saturated heterocycles. The second-order valence-corrected chi connectivity index (χ2v) is 16.7. The van der Waals surface area contributed by atoms with E-state index >= 15 is 0 Å². The summed E-state index contributed by atoms with van der Waals surface area (Å²) < 4.78 is 4.81. The van der Waals surface area contributed by atoms with Crippen molar-refractivity contribution in [1.82, 2.24) is 19.5 Å². The lowest BCUT2D eigenvalue weighted by Gasteiger charge is -2.11. The van der Waals surface area contributed by atoms with Gasteiger partial charge in [-0.2, -0.15) is 0 Å². The highest BCUT2D eigenvalue weighted by Gasteiger charge is 2.19. The molecule has 3 heterocycles. The molecular weight excluding hydrogens is 773 g/mol. The van der Waals surface area contributed by atoms with E-state index in [1.54, 1.807) is 11.3 Å². The number of fused-ring (bicyclic) bond motifs is 6. The zero-order valence-corrected chi connectivity index (χ0v) is 34.3. The minimum Gasteiger partial charge on any atom is -0.309 e. The summed E-state index contributed by atoms with van der Waals surface area (Å²) in [6, 6.07) is 77.6. The van der Waals surface area contributed by atoms with Crippen molar-refractivity contribution in [3.05, 3.63) is 218 Å². The van der Waals surface area contributed by atoms with E-state index < -0.39 is 0 Å². The number of nitrogens with zero attached hydrogens (tertiary/aromatic N) is 4. The Balaban J connectivity index is 1.02. The molecule has 12 aromatic rings. The summed E-state index contributed by atoms with van der Waals surface area (Å²) in [4.78, 5) is 15.6. The predicted octanol–water partition coefficient (Wildman–Crippen LogP) is 15.3. The van der Waals surface area contributed by atoms with E-state index in [0.29, 0.717) is 17.5 Å². The van der Waals surface area contributed by atoms with Crippen LogP contribution in [-0.2, 0) is 0 Å². The lowest BCUT2D eigenvalue weighted by atomic mass is 9.98. The SMILES string of the molecule is c1ccc(-c2cccc(-c3ccc4c(c3)c3ccccc3n4-c3ccc4sc5cccc(-c6nc(-c7ccccc7)nc(-c7cccc(-c8ccccc8)c7)n6)c5c4c3)c2)cc1. The molecule has 0 aliphatic carbocycles. The summed E-state index contributed by atoms with van der Waals surface area (Å²) in [5.74, 6) is 1.93. The smallest absolute Gasteiger partial charge is 0.164 e. The molecule has 9 aromatic carbocycles. The van der Waals surface area contributed by atoms with Crippen molar-refractivity contribution in [1.29, 1.82) is 0 Å². The Bertz CT molecular complexity index is 3630. The lowest BCUT2D eigenvalue weighted by molar-refractivity contribution is 1.08. The fraction of sp³-hybridized carbons (Fsp3) is 0. The number of para-hydroxylation sites is 1. The highest BCUT2D eigenvalue weighted by atomic mass is 32.1. The second-order valence-electron chi connectivity index (χ2n) is 15.6. The summed E-state index contributed by atoms with van der Waals surface area (Å²) >= 11 is 1.80. The van der Waals surface area contributed by atoms with Gasteiger partial charge in [-0.05, 0) is 88.0 Å². The Kier molecular flexibility index (Phi) is 8.65. The van der Waals surface area contributed by atoms with Crippen molar-refractivity contribution in [2.75, 3.05) is 0 Å². The van der Waals surface area contributed by atoms with E-state index in [1.807, 2.05) is 24.3 Å². The Labute approximate surface area is 362 Å². The summed E-state index contributed by atoms with van der Waals surface area (Å²) in [6.45, 7) is 0. The van der Waals surface area contributed by atoms with Gasteiger partial charge in [-0.15, -0.1) is 11.3 Å². The molecule has 62 heavy (non-hydrogen) atoms. The van der Waals surface area contributed by atoms with Gasteiger partial charge < -0.3 is 4.57 Å². The fourth-order valence-corrected chi connectivity index (χ4v) is 10.0. The van der Waals surface area contributed by atoms with Crippen molar-refractivity contribution in [2.45, 2.75) is 0 Å². The van der Waals surface area contributed by atoms with Gasteiger partial charge in [0.2, 0.25) is 0 Å². The van der Waals surface area contributed by atoms with Crippen LogP contribution in [0.3, 0.4) is 0 Å². The van der Waals surface area contributed by atoms with Crippen molar-refractivity contribution in [3.8, 4) is 73.2 Å². The molecule has 290 valence electrons. The first-order valence-electron chi connectivity index (χ1n) is 20.8. The number of hydrogen-bond donors (Lipinski definition) is 0. The van der Waals surface area contributed by atoms with Crippen molar-refractivity contribution < 1.29 is 0 Å². The lowest BCUT2D eigenvalue weighted by Crippen LogP contribution is -2.00. The Morgan fingerprint density at radius 1 is 0.306 bits per heavy atom. The number of rotatable bonds is 7. The predicted molar refractivity (Wildman–Crippen MR) is 260 cm³/mol. The molecular formula is C57H36N4S. The average molecular weight is 809 g/mol. The van der Waals surface area contributed by atoms with E-state index in [1.165, 1.54) is 58.8 Å². The van der Waals surface area contributed by atoms with Crippen LogP contribution in [0.2, 0.25) is 0 Å². The van der Waals surface area contributed by atoms with Crippen LogP contribution in [0.4, 0.5) is 0 Å². The minimum absolute atomic E-state index is 0.639. The highest BCUT2D eigenvalue weighted by Crippen LogP contribution is 2.42. The van der Waals surface area contributed by atoms with Crippen LogP contribution < -0.4 is 0 Å². The molecule has 0 amide bonds. The first-order chi connectivity index (χ1) is 30.7. The quantitative estimate of drug-likeness (QED) is 0.161. The monoisotopic (exact) mass is 808 g/mol. The first kappa shape index (κ1) is 35.9. The third-order valence-corrected chi connectivity index (χ3v) is 13.0. The van der Waals surface area contributed by atoms with Crippen LogP contribution >= 0.6 is 11.3 Å². The fourth-order valence-electron chi connectivity index (χ4n) is 8.89. The van der Waals surface area contributed by atoms with Gasteiger partial charge in [0.15, 0.2) is 17.5 Å². The van der Waals surface area contributed by atoms with Crippen LogP contribution in [0.15, 0.2) is 218 Å². The van der Waals surface area contributed by atoms with Gasteiger partial charge in [-0.3, -0.25) is 0 Å². The van der Waals surface area contributed by atoms with E-state index in [-0.39, 0.29) is 0 Å². The summed E-state index contributed by atoms with van der Waals surface area (Å²) in [6.07, 6.45) is 0. The molecule has 4 nitrogen and oxygen atoms in total. The largest absolute Gasteiger partial charge is 0.309 e. The van der Waals surface area contributed by atoms with Crippen LogP contribution in [0.25, 0.3) is 115 Å². The Morgan fingerprint density at radius 3 is 1.56 bits per heavy atom. The molecule has 0 aliphatic heterocycles. The van der Waals surface area contributed by atoms with Gasteiger partial charge in [0.1, 0.15) is 0 Å². The Morgan fingerprint density at radius 2 is 0.839 bits per heavy atom. The maximum absolute atomic E-state index is 5.26. The molecule has 0 bridgehead atoms. The molecule has 0 radical (unpaired) electrons. The average Bonchev–Trinajstić information content (AvgIpc) is 3.90. The maximum Gasteiger partial charge on any atom is 0.164 e. The van der Waals surface area contributed by atoms with Gasteiger partial charge in [0.25, 0.3) is 0 Å². The van der Waals surface area contributed by atoms with Crippen LogP contribution in [0, 0.1) is 0 Å². The van der Waals surface area contributed by atoms with Gasteiger partial charge in [-0.1, -0.05) is 164 Å². The molecule has 0 N–H and O–H groups in total. The van der Waals surface area contributed by atoms with Crippen LogP contribution in [-0.4, -0.2) is 19.5 Å². The second kappa shape index (κ2) is 14.9. The minimum atomic E-state index is 0.639. The molecule has 0 saturated carbocycles. The zero-order valence-electron chi connectivity index (χ0n) is 33.5. The Hall–Kier alpha value is -7.99. The van der Waals surface area contributed by atoms with Crippen molar-refractivity contribution in [2.24, 2.45) is 0 Å². The number of aromatic nitrogens is 4. The van der Waals surface area contributed by atoms with E-state index in [2.05, 4.69) is 199 Å². The number of hydrogen-bond acceptors (Lipinski definition) is 4. The van der Waals surface area contributed by atoms with E-state index in [9.17, 15) is 0 Å². The standard InChI is InChI=1S/C57H36N4S/c1-4-15-37(16-5-1)40-21-12-23-42(33-40)43-29-31-51-48(35-43)46-25-10-11-27-50(46)61(51)45-30-32-52-49(36-45)54-47(26-14-28-53(54)62-52)57-59-55(39-19-8-3-9-20-39)58-56(60-57)44-24-13-22-41(34-44)38-17-6-2-7-18-38/h1-36H. The number of benzene rings is 9. The van der Waals surface area contributed by atoms with Gasteiger partial charge in [0.05, 0.1) is 11.0 Å². The molecule has 5 heteroatoms. The van der Waals surface area contributed by atoms with E-state index in [0.717, 1.165) is 38.9 Å². The van der Waals surface area contributed by atoms with Crippen LogP contribution in [0.5, 0.6) is 0 Å². The van der Waals surface area contributed by atoms with Gasteiger partial charge in [-0.25, -0.2) is 15.0 Å². The summed E-state index contributed by atoms with van der Waals surface area (Å²) in [5, 5.41) is 4.77. The highest BCUT2D eigenvalue weighted by molar-refractivity contribution is 7.26.